The van der Waals surface area contributed by atoms with Crippen LogP contribution in [0, 0.1) is 4.77 Å². The highest BCUT2D eigenvalue weighted by Crippen LogP contribution is 2.31. The third-order valence-corrected chi connectivity index (χ3v) is 4.56. The summed E-state index contributed by atoms with van der Waals surface area (Å²) in [6, 6.07) is 7.06. The SMILES string of the molecule is COC(=O)c1ccc(/C=N\n2c(C3CCCCC3)n[nH]c2=S)cc1. The molecular weight excluding hydrogens is 324 g/mol. The monoisotopic (exact) mass is 344 g/mol. The van der Waals surface area contributed by atoms with Gasteiger partial charge in [-0.3, -0.25) is 5.10 Å². The highest BCUT2D eigenvalue weighted by atomic mass is 32.1. The Labute approximate surface area is 145 Å². The maximum Gasteiger partial charge on any atom is 0.337 e. The highest BCUT2D eigenvalue weighted by Gasteiger charge is 2.21. The second-order valence-electron chi connectivity index (χ2n) is 5.89. The van der Waals surface area contributed by atoms with Crippen LogP contribution in [0.2, 0.25) is 0 Å². The van der Waals surface area contributed by atoms with Crippen LogP contribution in [0.3, 0.4) is 0 Å². The molecule has 0 saturated heterocycles. The van der Waals surface area contributed by atoms with Crippen LogP contribution in [0.4, 0.5) is 0 Å². The Hall–Kier alpha value is -2.28. The number of nitrogens with one attached hydrogen (secondary N) is 1. The van der Waals surface area contributed by atoms with Gasteiger partial charge in [0.1, 0.15) is 0 Å². The Balaban J connectivity index is 1.80. The normalized spacial score (nSPS) is 15.7. The minimum atomic E-state index is -0.352. The van der Waals surface area contributed by atoms with Crippen molar-refractivity contribution >= 4 is 24.4 Å². The van der Waals surface area contributed by atoms with Crippen molar-refractivity contribution in [3.05, 3.63) is 46.0 Å². The molecule has 1 heterocycles. The van der Waals surface area contributed by atoms with Crippen molar-refractivity contribution < 1.29 is 9.53 Å². The fraction of sp³-hybridized carbons (Fsp3) is 0.412. The summed E-state index contributed by atoms with van der Waals surface area (Å²) in [5.74, 6) is 0.961. The van der Waals surface area contributed by atoms with Gasteiger partial charge in [0.2, 0.25) is 4.77 Å². The number of hydrogen-bond donors (Lipinski definition) is 1. The number of carbonyl (C=O) groups is 1. The Morgan fingerprint density at radius 1 is 1.33 bits per heavy atom. The lowest BCUT2D eigenvalue weighted by atomic mass is 9.89. The second-order valence-corrected chi connectivity index (χ2v) is 6.28. The van der Waals surface area contributed by atoms with E-state index in [1.807, 2.05) is 12.1 Å². The molecule has 1 saturated carbocycles. The molecule has 1 aromatic carbocycles. The summed E-state index contributed by atoms with van der Waals surface area (Å²) in [7, 11) is 1.37. The van der Waals surface area contributed by atoms with Gasteiger partial charge >= 0.3 is 5.97 Å². The summed E-state index contributed by atoms with van der Waals surface area (Å²) in [6.07, 6.45) is 7.72. The van der Waals surface area contributed by atoms with E-state index in [2.05, 4.69) is 15.3 Å². The molecule has 0 spiro atoms. The number of hydrogen-bond acceptors (Lipinski definition) is 5. The van der Waals surface area contributed by atoms with Crippen molar-refractivity contribution in [1.82, 2.24) is 14.9 Å². The molecular formula is C17H20N4O2S. The molecule has 1 N–H and O–H groups in total. The average molecular weight is 344 g/mol. The van der Waals surface area contributed by atoms with E-state index < -0.39 is 0 Å². The fourth-order valence-corrected chi connectivity index (χ4v) is 3.17. The van der Waals surface area contributed by atoms with Gasteiger partial charge < -0.3 is 4.74 Å². The van der Waals surface area contributed by atoms with Crippen LogP contribution >= 0.6 is 12.2 Å². The minimum absolute atomic E-state index is 0.352. The van der Waals surface area contributed by atoms with Gasteiger partial charge in [-0.05, 0) is 42.8 Å². The van der Waals surface area contributed by atoms with E-state index in [9.17, 15) is 4.79 Å². The van der Waals surface area contributed by atoms with Crippen LogP contribution < -0.4 is 0 Å². The molecule has 0 amide bonds. The number of carbonyl (C=O) groups excluding carboxylic acids is 1. The topological polar surface area (TPSA) is 72.3 Å². The van der Waals surface area contributed by atoms with Crippen molar-refractivity contribution in [2.75, 3.05) is 7.11 Å². The van der Waals surface area contributed by atoms with Crippen molar-refractivity contribution in [2.45, 2.75) is 38.0 Å². The first-order chi connectivity index (χ1) is 11.7. The van der Waals surface area contributed by atoms with Crippen LogP contribution in [-0.4, -0.2) is 34.2 Å². The first-order valence-electron chi connectivity index (χ1n) is 8.09. The maximum atomic E-state index is 11.4. The van der Waals surface area contributed by atoms with Gasteiger partial charge in [-0.15, -0.1) is 0 Å². The van der Waals surface area contributed by atoms with E-state index in [0.717, 1.165) is 24.2 Å². The number of methoxy groups -OCH3 is 1. The summed E-state index contributed by atoms with van der Waals surface area (Å²) < 4.78 is 6.90. The molecule has 3 rings (SSSR count). The standard InChI is InChI=1S/C17H20N4O2S/c1-23-16(22)14-9-7-12(8-10-14)11-18-21-15(19-20-17(21)24)13-5-3-2-4-6-13/h7-11,13H,2-6H2,1H3,(H,20,24)/b18-11-. The quantitative estimate of drug-likeness (QED) is 0.522. The van der Waals surface area contributed by atoms with Gasteiger partial charge in [-0.2, -0.15) is 14.9 Å². The molecule has 126 valence electrons. The minimum Gasteiger partial charge on any atom is -0.465 e. The van der Waals surface area contributed by atoms with Gasteiger partial charge in [0.25, 0.3) is 0 Å². The summed E-state index contributed by atoms with van der Waals surface area (Å²) in [5.41, 5.74) is 1.39. The number of aromatic amines is 1. The van der Waals surface area contributed by atoms with E-state index in [0.29, 0.717) is 16.3 Å². The number of ether oxygens (including phenoxy) is 1. The lowest BCUT2D eigenvalue weighted by Crippen LogP contribution is -2.10. The molecule has 6 nitrogen and oxygen atoms in total. The molecule has 7 heteroatoms. The van der Waals surface area contributed by atoms with Crippen molar-refractivity contribution in [3.63, 3.8) is 0 Å². The number of rotatable bonds is 4. The summed E-state index contributed by atoms with van der Waals surface area (Å²) in [5, 5.41) is 11.7. The van der Waals surface area contributed by atoms with E-state index in [-0.39, 0.29) is 5.97 Å². The number of nitrogens with zero attached hydrogens (tertiary/aromatic N) is 3. The lowest BCUT2D eigenvalue weighted by molar-refractivity contribution is 0.0600. The lowest BCUT2D eigenvalue weighted by Gasteiger charge is -2.19. The molecule has 1 aliphatic carbocycles. The van der Waals surface area contributed by atoms with Crippen LogP contribution in [0.15, 0.2) is 29.4 Å². The summed E-state index contributed by atoms with van der Waals surface area (Å²) in [6.45, 7) is 0. The van der Waals surface area contributed by atoms with Crippen LogP contribution in [0.1, 0.15) is 59.8 Å². The second kappa shape index (κ2) is 7.53. The van der Waals surface area contributed by atoms with E-state index in [1.54, 1.807) is 23.0 Å². The van der Waals surface area contributed by atoms with E-state index >= 15 is 0 Å². The Morgan fingerprint density at radius 3 is 2.71 bits per heavy atom. The molecule has 0 bridgehead atoms. The van der Waals surface area contributed by atoms with Crippen molar-refractivity contribution in [2.24, 2.45) is 5.10 Å². The van der Waals surface area contributed by atoms with Gasteiger partial charge in [0, 0.05) is 5.92 Å². The third kappa shape index (κ3) is 3.62. The van der Waals surface area contributed by atoms with Gasteiger partial charge in [-0.1, -0.05) is 31.4 Å². The largest absolute Gasteiger partial charge is 0.465 e. The molecule has 0 atom stereocenters. The van der Waals surface area contributed by atoms with Crippen LogP contribution in [-0.2, 0) is 4.74 Å². The summed E-state index contributed by atoms with van der Waals surface area (Å²) in [4.78, 5) is 11.4. The van der Waals surface area contributed by atoms with Gasteiger partial charge in [-0.25, -0.2) is 4.79 Å². The third-order valence-electron chi connectivity index (χ3n) is 4.30. The number of benzene rings is 1. The van der Waals surface area contributed by atoms with Gasteiger partial charge in [0.05, 0.1) is 18.9 Å². The average Bonchev–Trinajstić information content (AvgIpc) is 3.01. The Morgan fingerprint density at radius 2 is 2.04 bits per heavy atom. The number of esters is 1. The number of H-pyrrole nitrogens is 1. The molecule has 1 aliphatic rings. The van der Waals surface area contributed by atoms with E-state index in [1.165, 1.54) is 26.4 Å². The highest BCUT2D eigenvalue weighted by molar-refractivity contribution is 7.71. The molecule has 1 aromatic heterocycles. The van der Waals surface area contributed by atoms with Crippen LogP contribution in [0.5, 0.6) is 0 Å². The molecule has 1 fully saturated rings. The Bertz CT molecular complexity index is 786. The smallest absolute Gasteiger partial charge is 0.337 e. The zero-order valence-corrected chi connectivity index (χ0v) is 14.4. The van der Waals surface area contributed by atoms with Crippen LogP contribution in [0.25, 0.3) is 0 Å². The van der Waals surface area contributed by atoms with Crippen molar-refractivity contribution in [3.8, 4) is 0 Å². The predicted molar refractivity (Wildman–Crippen MR) is 94.0 cm³/mol. The van der Waals surface area contributed by atoms with Crippen molar-refractivity contribution in [1.29, 1.82) is 0 Å². The molecule has 0 unspecified atom stereocenters. The van der Waals surface area contributed by atoms with Gasteiger partial charge in [0.15, 0.2) is 5.82 Å². The molecule has 24 heavy (non-hydrogen) atoms. The predicted octanol–water partition coefficient (Wildman–Crippen LogP) is 3.66. The van der Waals surface area contributed by atoms with E-state index in [4.69, 9.17) is 17.0 Å². The first kappa shape index (κ1) is 16.6. The number of aromatic nitrogens is 3. The zero-order chi connectivity index (χ0) is 16.9. The fourth-order valence-electron chi connectivity index (χ4n) is 2.99. The zero-order valence-electron chi connectivity index (χ0n) is 13.6. The molecule has 0 radical (unpaired) electrons. The first-order valence-corrected chi connectivity index (χ1v) is 8.50. The Kier molecular flexibility index (Phi) is 5.20. The molecule has 0 aliphatic heterocycles. The summed E-state index contributed by atoms with van der Waals surface area (Å²) >= 11 is 5.30. The maximum absolute atomic E-state index is 11.4. The molecule has 2 aromatic rings.